The number of benzene rings is 1. The van der Waals surface area contributed by atoms with Crippen molar-refractivity contribution in [1.82, 2.24) is 9.78 Å². The zero-order valence-corrected chi connectivity index (χ0v) is 12.6. The number of hydrogen-bond donors (Lipinski definition) is 1. The molecular formula is C15H17ClN4. The summed E-state index contributed by atoms with van der Waals surface area (Å²) in [4.78, 5) is 0. The van der Waals surface area contributed by atoms with Gasteiger partial charge >= 0.3 is 0 Å². The normalized spacial score (nSPS) is 11.3. The van der Waals surface area contributed by atoms with E-state index in [4.69, 9.17) is 17.3 Å². The highest BCUT2D eigenvalue weighted by Crippen LogP contribution is 2.25. The fraction of sp³-hybridized carbons (Fsp3) is 0.333. The van der Waals surface area contributed by atoms with Gasteiger partial charge in [-0.05, 0) is 38.5 Å². The van der Waals surface area contributed by atoms with Gasteiger partial charge in [0.15, 0.2) is 0 Å². The van der Waals surface area contributed by atoms with Crippen LogP contribution in [-0.4, -0.2) is 9.78 Å². The number of nitrogen functional groups attached to an aromatic ring is 1. The molecule has 20 heavy (non-hydrogen) atoms. The van der Waals surface area contributed by atoms with Gasteiger partial charge in [-0.15, -0.1) is 0 Å². The largest absolute Gasteiger partial charge is 0.383 e. The molecule has 0 bridgehead atoms. The molecule has 0 unspecified atom stereocenters. The van der Waals surface area contributed by atoms with Crippen LogP contribution in [-0.2, 0) is 12.0 Å². The quantitative estimate of drug-likeness (QED) is 0.921. The van der Waals surface area contributed by atoms with Crippen LogP contribution < -0.4 is 5.73 Å². The average Bonchev–Trinajstić information content (AvgIpc) is 2.65. The Morgan fingerprint density at radius 3 is 2.65 bits per heavy atom. The molecular weight excluding hydrogens is 272 g/mol. The van der Waals surface area contributed by atoms with Crippen LogP contribution in [0.3, 0.4) is 0 Å². The van der Waals surface area contributed by atoms with Crippen LogP contribution >= 0.6 is 11.6 Å². The van der Waals surface area contributed by atoms with E-state index >= 15 is 0 Å². The van der Waals surface area contributed by atoms with E-state index in [1.807, 2.05) is 45.0 Å². The summed E-state index contributed by atoms with van der Waals surface area (Å²) in [5.41, 5.74) is 7.91. The molecule has 1 aromatic heterocycles. The summed E-state index contributed by atoms with van der Waals surface area (Å²) in [6.07, 6.45) is 0.538. The Morgan fingerprint density at radius 2 is 2.10 bits per heavy atom. The smallest absolute Gasteiger partial charge is 0.140 e. The van der Waals surface area contributed by atoms with Gasteiger partial charge < -0.3 is 5.73 Å². The van der Waals surface area contributed by atoms with Gasteiger partial charge in [-0.3, -0.25) is 0 Å². The first-order valence-corrected chi connectivity index (χ1v) is 6.73. The molecule has 0 radical (unpaired) electrons. The molecule has 2 rings (SSSR count). The van der Waals surface area contributed by atoms with E-state index in [0.29, 0.717) is 28.5 Å². The average molecular weight is 289 g/mol. The number of anilines is 1. The molecule has 0 amide bonds. The van der Waals surface area contributed by atoms with Crippen LogP contribution in [0.25, 0.3) is 0 Å². The van der Waals surface area contributed by atoms with Gasteiger partial charge in [-0.2, -0.15) is 10.4 Å². The van der Waals surface area contributed by atoms with Gasteiger partial charge in [0.25, 0.3) is 0 Å². The lowest BCUT2D eigenvalue weighted by Gasteiger charge is -2.20. The molecule has 5 heteroatoms. The van der Waals surface area contributed by atoms with Crippen molar-refractivity contribution in [3.8, 4) is 6.07 Å². The number of halogens is 1. The Balaban J connectivity index is 2.45. The molecule has 0 fully saturated rings. The molecule has 0 aliphatic heterocycles. The molecule has 1 aromatic carbocycles. The number of nitriles is 1. The lowest BCUT2D eigenvalue weighted by Crippen LogP contribution is -2.25. The lowest BCUT2D eigenvalue weighted by atomic mass is 10.1. The maximum absolute atomic E-state index is 9.30. The van der Waals surface area contributed by atoms with Crippen molar-refractivity contribution in [2.75, 3.05) is 5.73 Å². The standard InChI is InChI=1S/C15H17ClN4/c1-15(2,3)20-14(18)12(9-17)13(19-20)8-10-5-4-6-11(16)7-10/h4-7H,8,18H2,1-3H3. The van der Waals surface area contributed by atoms with Crippen molar-refractivity contribution >= 4 is 17.4 Å². The van der Waals surface area contributed by atoms with Gasteiger partial charge in [-0.25, -0.2) is 4.68 Å². The molecule has 1 heterocycles. The summed E-state index contributed by atoms with van der Waals surface area (Å²) in [6.45, 7) is 6.00. The van der Waals surface area contributed by atoms with Gasteiger partial charge in [-0.1, -0.05) is 23.7 Å². The summed E-state index contributed by atoms with van der Waals surface area (Å²) in [5.74, 6) is 0.414. The first-order valence-electron chi connectivity index (χ1n) is 6.35. The van der Waals surface area contributed by atoms with Gasteiger partial charge in [0, 0.05) is 11.4 Å². The van der Waals surface area contributed by atoms with Crippen LogP contribution in [0.4, 0.5) is 5.82 Å². The topological polar surface area (TPSA) is 67.6 Å². The summed E-state index contributed by atoms with van der Waals surface area (Å²) in [5, 5.41) is 14.5. The number of nitrogens with zero attached hydrogens (tertiary/aromatic N) is 3. The number of hydrogen-bond acceptors (Lipinski definition) is 3. The van der Waals surface area contributed by atoms with E-state index < -0.39 is 0 Å². The summed E-state index contributed by atoms with van der Waals surface area (Å²) in [7, 11) is 0. The molecule has 0 spiro atoms. The highest BCUT2D eigenvalue weighted by Gasteiger charge is 2.23. The fourth-order valence-electron chi connectivity index (χ4n) is 2.08. The molecule has 2 aromatic rings. The molecule has 0 saturated heterocycles. The minimum absolute atomic E-state index is 0.262. The molecule has 104 valence electrons. The first-order chi connectivity index (χ1) is 9.32. The van der Waals surface area contributed by atoms with Crippen molar-refractivity contribution in [1.29, 1.82) is 5.26 Å². The molecule has 2 N–H and O–H groups in total. The van der Waals surface area contributed by atoms with Gasteiger partial charge in [0.1, 0.15) is 17.5 Å². The van der Waals surface area contributed by atoms with E-state index in [0.717, 1.165) is 5.56 Å². The third kappa shape index (κ3) is 2.78. The fourth-order valence-corrected chi connectivity index (χ4v) is 2.29. The van der Waals surface area contributed by atoms with Crippen LogP contribution in [0.2, 0.25) is 5.02 Å². The van der Waals surface area contributed by atoms with Gasteiger partial charge in [0.2, 0.25) is 0 Å². The minimum atomic E-state index is -0.262. The Bertz CT molecular complexity index is 674. The van der Waals surface area contributed by atoms with Crippen molar-refractivity contribution in [3.05, 3.63) is 46.1 Å². The SMILES string of the molecule is CC(C)(C)n1nc(Cc2cccc(Cl)c2)c(C#N)c1N. The second-order valence-electron chi connectivity index (χ2n) is 5.71. The third-order valence-corrected chi connectivity index (χ3v) is 3.24. The highest BCUT2D eigenvalue weighted by molar-refractivity contribution is 6.30. The Morgan fingerprint density at radius 1 is 1.40 bits per heavy atom. The van der Waals surface area contributed by atoms with Crippen molar-refractivity contribution < 1.29 is 0 Å². The minimum Gasteiger partial charge on any atom is -0.383 e. The predicted octanol–water partition coefficient (Wildman–Crippen LogP) is 3.34. The van der Waals surface area contributed by atoms with Gasteiger partial charge in [0.05, 0.1) is 11.2 Å². The van der Waals surface area contributed by atoms with E-state index in [2.05, 4.69) is 11.2 Å². The third-order valence-electron chi connectivity index (χ3n) is 3.00. The van der Waals surface area contributed by atoms with Crippen LogP contribution in [0, 0.1) is 11.3 Å². The maximum Gasteiger partial charge on any atom is 0.140 e. The number of rotatable bonds is 2. The van der Waals surface area contributed by atoms with E-state index in [1.54, 1.807) is 4.68 Å². The number of nitrogens with two attached hydrogens (primary N) is 1. The Labute approximate surface area is 123 Å². The molecule has 0 aliphatic carbocycles. The van der Waals surface area contributed by atoms with Crippen molar-refractivity contribution in [3.63, 3.8) is 0 Å². The summed E-state index contributed by atoms with van der Waals surface area (Å²) in [6, 6.07) is 9.68. The van der Waals surface area contributed by atoms with E-state index in [9.17, 15) is 5.26 Å². The van der Waals surface area contributed by atoms with E-state index in [1.165, 1.54) is 0 Å². The molecule has 0 saturated carbocycles. The monoisotopic (exact) mass is 288 g/mol. The summed E-state index contributed by atoms with van der Waals surface area (Å²) < 4.78 is 1.70. The Kier molecular flexibility index (Phi) is 3.74. The second-order valence-corrected chi connectivity index (χ2v) is 6.14. The highest BCUT2D eigenvalue weighted by atomic mass is 35.5. The maximum atomic E-state index is 9.30. The summed E-state index contributed by atoms with van der Waals surface area (Å²) >= 11 is 5.98. The van der Waals surface area contributed by atoms with Crippen molar-refractivity contribution in [2.24, 2.45) is 0 Å². The van der Waals surface area contributed by atoms with E-state index in [-0.39, 0.29) is 5.54 Å². The van der Waals surface area contributed by atoms with Crippen LogP contribution in [0.5, 0.6) is 0 Å². The molecule has 4 nitrogen and oxygen atoms in total. The zero-order chi connectivity index (χ0) is 14.9. The predicted molar refractivity (Wildman–Crippen MR) is 80.6 cm³/mol. The molecule has 0 atom stereocenters. The van der Waals surface area contributed by atoms with Crippen LogP contribution in [0.1, 0.15) is 37.6 Å². The van der Waals surface area contributed by atoms with Crippen LogP contribution in [0.15, 0.2) is 24.3 Å². The van der Waals surface area contributed by atoms with Crippen molar-refractivity contribution in [2.45, 2.75) is 32.7 Å². The number of aromatic nitrogens is 2. The zero-order valence-electron chi connectivity index (χ0n) is 11.8. The Hall–Kier alpha value is -1.99. The molecule has 0 aliphatic rings. The lowest BCUT2D eigenvalue weighted by molar-refractivity contribution is 0.359. The first kappa shape index (κ1) is 14.4. The second kappa shape index (κ2) is 5.18.